The second-order valence-corrected chi connectivity index (χ2v) is 6.84. The van der Waals surface area contributed by atoms with Crippen molar-refractivity contribution < 1.29 is 9.90 Å². The molecule has 0 aromatic heterocycles. The van der Waals surface area contributed by atoms with Crippen molar-refractivity contribution in [3.8, 4) is 0 Å². The normalized spacial score (nSPS) is 27.5. The Bertz CT molecular complexity index is 523. The zero-order chi connectivity index (χ0) is 15.0. The lowest BCUT2D eigenvalue weighted by Crippen LogP contribution is -2.41. The summed E-state index contributed by atoms with van der Waals surface area (Å²) in [4.78, 5) is 14.5. The molecule has 2 fully saturated rings. The van der Waals surface area contributed by atoms with E-state index in [-0.39, 0.29) is 17.9 Å². The number of hydrogen-bond donors (Lipinski definition) is 1. The van der Waals surface area contributed by atoms with Gasteiger partial charge in [-0.15, -0.1) is 0 Å². The average molecular weight is 308 g/mol. The highest BCUT2D eigenvalue weighted by Crippen LogP contribution is 2.49. The van der Waals surface area contributed by atoms with E-state index in [2.05, 4.69) is 6.07 Å². The third-order valence-electron chi connectivity index (χ3n) is 4.92. The van der Waals surface area contributed by atoms with Gasteiger partial charge in [-0.3, -0.25) is 4.79 Å². The van der Waals surface area contributed by atoms with E-state index in [0.29, 0.717) is 11.8 Å². The monoisotopic (exact) mass is 307 g/mol. The molecule has 1 aliphatic carbocycles. The SMILES string of the molecule is CC(O)C1CCN(C(=O)C2CC2c2cccc(Cl)c2)CC1. The number of hydrogen-bond acceptors (Lipinski definition) is 2. The van der Waals surface area contributed by atoms with Gasteiger partial charge in [0.25, 0.3) is 0 Å². The van der Waals surface area contributed by atoms with Crippen molar-refractivity contribution >= 4 is 17.5 Å². The first-order valence-electron chi connectivity index (χ1n) is 7.78. The Hall–Kier alpha value is -1.06. The molecule has 0 bridgehead atoms. The lowest BCUT2D eigenvalue weighted by atomic mass is 9.92. The molecule has 3 unspecified atom stereocenters. The molecule has 4 heteroatoms. The third kappa shape index (κ3) is 3.24. The number of rotatable bonds is 3. The minimum atomic E-state index is -0.262. The number of amides is 1. The second kappa shape index (κ2) is 5.98. The second-order valence-electron chi connectivity index (χ2n) is 6.41. The highest BCUT2D eigenvalue weighted by atomic mass is 35.5. The Morgan fingerprint density at radius 2 is 2.10 bits per heavy atom. The van der Waals surface area contributed by atoms with Gasteiger partial charge in [0.05, 0.1) is 6.10 Å². The lowest BCUT2D eigenvalue weighted by molar-refractivity contribution is -0.134. The first kappa shape index (κ1) is 14.9. The van der Waals surface area contributed by atoms with E-state index >= 15 is 0 Å². The van der Waals surface area contributed by atoms with Crippen LogP contribution in [0.3, 0.4) is 0 Å². The Labute approximate surface area is 130 Å². The van der Waals surface area contributed by atoms with Crippen molar-refractivity contribution in [2.75, 3.05) is 13.1 Å². The van der Waals surface area contributed by atoms with Crippen molar-refractivity contribution in [3.63, 3.8) is 0 Å². The summed E-state index contributed by atoms with van der Waals surface area (Å²) in [5, 5.41) is 10.4. The van der Waals surface area contributed by atoms with Gasteiger partial charge in [0.1, 0.15) is 0 Å². The van der Waals surface area contributed by atoms with Gasteiger partial charge in [0.2, 0.25) is 5.91 Å². The standard InChI is InChI=1S/C17H22ClNO2/c1-11(20)12-5-7-19(8-6-12)17(21)16-10-15(16)13-3-2-4-14(18)9-13/h2-4,9,11-12,15-16,20H,5-8,10H2,1H3. The highest BCUT2D eigenvalue weighted by Gasteiger charge is 2.46. The van der Waals surface area contributed by atoms with Crippen molar-refractivity contribution in [1.29, 1.82) is 0 Å². The first-order chi connectivity index (χ1) is 10.1. The van der Waals surface area contributed by atoms with Gasteiger partial charge in [0, 0.05) is 24.0 Å². The van der Waals surface area contributed by atoms with Crippen LogP contribution in [0.2, 0.25) is 5.02 Å². The number of benzene rings is 1. The van der Waals surface area contributed by atoms with Crippen LogP contribution >= 0.6 is 11.6 Å². The number of halogens is 1. The molecule has 1 aromatic carbocycles. The maximum absolute atomic E-state index is 12.5. The van der Waals surface area contributed by atoms with Crippen LogP contribution in [0.1, 0.15) is 37.7 Å². The summed E-state index contributed by atoms with van der Waals surface area (Å²) < 4.78 is 0. The molecule has 3 atom stereocenters. The van der Waals surface area contributed by atoms with Crippen LogP contribution in [0, 0.1) is 11.8 Å². The summed E-state index contributed by atoms with van der Waals surface area (Å²) >= 11 is 6.02. The molecule has 0 radical (unpaired) electrons. The summed E-state index contributed by atoms with van der Waals surface area (Å²) in [6, 6.07) is 7.85. The highest BCUT2D eigenvalue weighted by molar-refractivity contribution is 6.30. The van der Waals surface area contributed by atoms with Crippen LogP contribution in [0.15, 0.2) is 24.3 Å². The summed E-state index contributed by atoms with van der Waals surface area (Å²) in [5.74, 6) is 1.10. The van der Waals surface area contributed by atoms with E-state index in [9.17, 15) is 9.90 Å². The van der Waals surface area contributed by atoms with Crippen LogP contribution in [-0.4, -0.2) is 35.1 Å². The molecule has 114 valence electrons. The smallest absolute Gasteiger partial charge is 0.226 e. The predicted molar refractivity (Wildman–Crippen MR) is 83.3 cm³/mol. The van der Waals surface area contributed by atoms with E-state index < -0.39 is 0 Å². The minimum Gasteiger partial charge on any atom is -0.393 e. The van der Waals surface area contributed by atoms with Gasteiger partial charge < -0.3 is 10.0 Å². The largest absolute Gasteiger partial charge is 0.393 e. The third-order valence-corrected chi connectivity index (χ3v) is 5.15. The van der Waals surface area contributed by atoms with Gasteiger partial charge in [-0.2, -0.15) is 0 Å². The lowest BCUT2D eigenvalue weighted by Gasteiger charge is -2.33. The van der Waals surface area contributed by atoms with Gasteiger partial charge >= 0.3 is 0 Å². The zero-order valence-electron chi connectivity index (χ0n) is 12.3. The fourth-order valence-electron chi connectivity index (χ4n) is 3.41. The van der Waals surface area contributed by atoms with Gasteiger partial charge in [0.15, 0.2) is 0 Å². The quantitative estimate of drug-likeness (QED) is 0.932. The number of nitrogens with zero attached hydrogens (tertiary/aromatic N) is 1. The molecule has 1 aliphatic heterocycles. The molecule has 1 N–H and O–H groups in total. The van der Waals surface area contributed by atoms with Crippen LogP contribution in [0.5, 0.6) is 0 Å². The number of aliphatic hydroxyl groups is 1. The first-order valence-corrected chi connectivity index (χ1v) is 8.16. The molecule has 3 nitrogen and oxygen atoms in total. The Morgan fingerprint density at radius 3 is 2.71 bits per heavy atom. The number of carbonyl (C=O) groups excluding carboxylic acids is 1. The molecule has 2 aliphatic rings. The van der Waals surface area contributed by atoms with E-state index in [1.165, 1.54) is 5.56 Å². The van der Waals surface area contributed by atoms with Gasteiger partial charge in [-0.05, 0) is 55.7 Å². The molecule has 0 spiro atoms. The summed E-state index contributed by atoms with van der Waals surface area (Å²) in [7, 11) is 0. The maximum atomic E-state index is 12.5. The Morgan fingerprint density at radius 1 is 1.38 bits per heavy atom. The molecule has 1 saturated carbocycles. The van der Waals surface area contributed by atoms with Crippen LogP contribution < -0.4 is 0 Å². The molecule has 1 heterocycles. The topological polar surface area (TPSA) is 40.5 Å². The van der Waals surface area contributed by atoms with Crippen molar-refractivity contribution in [3.05, 3.63) is 34.9 Å². The van der Waals surface area contributed by atoms with E-state index in [1.807, 2.05) is 30.0 Å². The molecule has 1 amide bonds. The zero-order valence-corrected chi connectivity index (χ0v) is 13.1. The fourth-order valence-corrected chi connectivity index (χ4v) is 3.61. The van der Waals surface area contributed by atoms with Crippen LogP contribution in [-0.2, 0) is 4.79 Å². The summed E-state index contributed by atoms with van der Waals surface area (Å²) in [6.45, 7) is 3.42. The summed E-state index contributed by atoms with van der Waals surface area (Å²) in [6.07, 6.45) is 2.51. The number of carbonyl (C=O) groups is 1. The summed E-state index contributed by atoms with van der Waals surface area (Å²) in [5.41, 5.74) is 1.18. The molecule has 21 heavy (non-hydrogen) atoms. The van der Waals surface area contributed by atoms with Crippen molar-refractivity contribution in [2.45, 2.75) is 38.2 Å². The maximum Gasteiger partial charge on any atom is 0.226 e. The minimum absolute atomic E-state index is 0.131. The Kier molecular flexibility index (Phi) is 4.23. The van der Waals surface area contributed by atoms with Gasteiger partial charge in [-0.1, -0.05) is 23.7 Å². The molecule has 1 saturated heterocycles. The van der Waals surface area contributed by atoms with Gasteiger partial charge in [-0.25, -0.2) is 0 Å². The molecule has 1 aromatic rings. The van der Waals surface area contributed by atoms with E-state index in [0.717, 1.165) is 37.4 Å². The van der Waals surface area contributed by atoms with E-state index in [4.69, 9.17) is 11.6 Å². The average Bonchev–Trinajstić information content (AvgIpc) is 3.27. The van der Waals surface area contributed by atoms with Crippen LogP contribution in [0.4, 0.5) is 0 Å². The predicted octanol–water partition coefficient (Wildman–Crippen LogP) is 3.06. The fraction of sp³-hybridized carbons (Fsp3) is 0.588. The number of likely N-dealkylation sites (tertiary alicyclic amines) is 1. The van der Waals surface area contributed by atoms with E-state index in [1.54, 1.807) is 0 Å². The molecular weight excluding hydrogens is 286 g/mol. The Balaban J connectivity index is 1.56. The molecular formula is C17H22ClNO2. The van der Waals surface area contributed by atoms with Crippen molar-refractivity contribution in [1.82, 2.24) is 4.90 Å². The molecule has 3 rings (SSSR count). The van der Waals surface area contributed by atoms with Crippen molar-refractivity contribution in [2.24, 2.45) is 11.8 Å². The number of aliphatic hydroxyl groups excluding tert-OH is 1. The number of piperidine rings is 1. The van der Waals surface area contributed by atoms with Crippen LogP contribution in [0.25, 0.3) is 0 Å².